The van der Waals surface area contributed by atoms with Crippen molar-refractivity contribution in [3.8, 4) is 0 Å². The van der Waals surface area contributed by atoms with Crippen molar-refractivity contribution in [2.45, 2.75) is 5.88 Å². The molecular weight excluding hydrogens is 226 g/mol. The highest BCUT2D eigenvalue weighted by Gasteiger charge is 2.05. The lowest BCUT2D eigenvalue weighted by Gasteiger charge is -2.02. The van der Waals surface area contributed by atoms with Crippen LogP contribution in [0.4, 0.5) is 0 Å². The first-order chi connectivity index (χ1) is 7.79. The van der Waals surface area contributed by atoms with Gasteiger partial charge in [0, 0.05) is 5.88 Å². The van der Waals surface area contributed by atoms with E-state index >= 15 is 0 Å². The fourth-order valence-corrected chi connectivity index (χ4v) is 1.97. The largest absolute Gasteiger partial charge is 0.319 e. The smallest absolute Gasteiger partial charge is 0.274 e. The Kier molecular flexibility index (Phi) is 1.97. The summed E-state index contributed by atoms with van der Waals surface area (Å²) in [6.45, 7) is 0. The highest BCUT2D eigenvalue weighted by atomic mass is 35.5. The van der Waals surface area contributed by atoms with Crippen molar-refractivity contribution in [2.75, 3.05) is 0 Å². The number of benzene rings is 1. The van der Waals surface area contributed by atoms with Crippen LogP contribution in [-0.4, -0.2) is 14.6 Å². The monoisotopic (exact) mass is 233 g/mol. The average molecular weight is 234 g/mol. The van der Waals surface area contributed by atoms with Gasteiger partial charge in [0.15, 0.2) is 0 Å². The van der Waals surface area contributed by atoms with Crippen molar-refractivity contribution in [3.05, 3.63) is 46.4 Å². The molecule has 0 saturated heterocycles. The van der Waals surface area contributed by atoms with E-state index in [1.54, 1.807) is 16.8 Å². The number of alkyl halides is 1. The topological polar surface area (TPSA) is 50.2 Å². The third-order valence-corrected chi connectivity index (χ3v) is 2.88. The molecule has 0 atom stereocenters. The Morgan fingerprint density at radius 3 is 3.00 bits per heavy atom. The normalized spacial score (nSPS) is 11.3. The molecule has 3 rings (SSSR count). The van der Waals surface area contributed by atoms with Crippen molar-refractivity contribution >= 4 is 28.2 Å². The van der Waals surface area contributed by atoms with Crippen LogP contribution in [0, 0.1) is 0 Å². The second-order valence-electron chi connectivity index (χ2n) is 3.57. The van der Waals surface area contributed by atoms with Gasteiger partial charge in [0.25, 0.3) is 5.56 Å². The average Bonchev–Trinajstić information content (AvgIpc) is 2.78. The van der Waals surface area contributed by atoms with Gasteiger partial charge < -0.3 is 4.98 Å². The van der Waals surface area contributed by atoms with Gasteiger partial charge in [0.05, 0.1) is 17.2 Å². The minimum Gasteiger partial charge on any atom is -0.319 e. The quantitative estimate of drug-likeness (QED) is 0.653. The summed E-state index contributed by atoms with van der Waals surface area (Å²) >= 11 is 5.75. The molecule has 16 heavy (non-hydrogen) atoms. The maximum Gasteiger partial charge on any atom is 0.274 e. The van der Waals surface area contributed by atoms with E-state index in [0.29, 0.717) is 11.4 Å². The van der Waals surface area contributed by atoms with Crippen molar-refractivity contribution in [1.29, 1.82) is 0 Å². The van der Waals surface area contributed by atoms with E-state index in [0.717, 1.165) is 16.6 Å². The number of hydrogen-bond acceptors (Lipinski definition) is 2. The van der Waals surface area contributed by atoms with Gasteiger partial charge in [0.2, 0.25) is 0 Å². The first kappa shape index (κ1) is 9.42. The minimum atomic E-state index is -0.142. The van der Waals surface area contributed by atoms with Crippen molar-refractivity contribution in [3.63, 3.8) is 0 Å². The molecule has 80 valence electrons. The Bertz CT molecular complexity index is 729. The maximum atomic E-state index is 11.7. The number of fused-ring (bicyclic) bond motifs is 3. The van der Waals surface area contributed by atoms with Crippen LogP contribution in [0.5, 0.6) is 0 Å². The van der Waals surface area contributed by atoms with E-state index in [4.69, 9.17) is 11.6 Å². The molecule has 0 bridgehead atoms. The number of hydrogen-bond donors (Lipinski definition) is 1. The van der Waals surface area contributed by atoms with Crippen LogP contribution in [0.1, 0.15) is 5.56 Å². The predicted octanol–water partition coefficient (Wildman–Crippen LogP) is 1.91. The van der Waals surface area contributed by atoms with Crippen molar-refractivity contribution < 1.29 is 0 Å². The summed E-state index contributed by atoms with van der Waals surface area (Å²) in [6.07, 6.45) is 1.61. The van der Waals surface area contributed by atoms with Crippen LogP contribution < -0.4 is 5.56 Å². The third-order valence-electron chi connectivity index (χ3n) is 2.57. The number of H-pyrrole nitrogens is 1. The van der Waals surface area contributed by atoms with Crippen molar-refractivity contribution in [2.24, 2.45) is 0 Å². The maximum absolute atomic E-state index is 11.7. The van der Waals surface area contributed by atoms with Crippen LogP contribution in [0.25, 0.3) is 16.6 Å². The second-order valence-corrected chi connectivity index (χ2v) is 3.83. The second kappa shape index (κ2) is 3.35. The summed E-state index contributed by atoms with van der Waals surface area (Å²) in [5.74, 6) is 0.426. The van der Waals surface area contributed by atoms with Crippen LogP contribution in [0.2, 0.25) is 0 Å². The molecule has 0 fully saturated rings. The van der Waals surface area contributed by atoms with Crippen LogP contribution >= 0.6 is 11.6 Å². The van der Waals surface area contributed by atoms with E-state index in [1.165, 1.54) is 0 Å². The summed E-state index contributed by atoms with van der Waals surface area (Å²) < 4.78 is 1.63. The predicted molar refractivity (Wildman–Crippen MR) is 62.9 cm³/mol. The molecule has 2 heterocycles. The van der Waals surface area contributed by atoms with E-state index in [9.17, 15) is 4.79 Å². The molecule has 4 nitrogen and oxygen atoms in total. The number of rotatable bonds is 1. The van der Waals surface area contributed by atoms with Gasteiger partial charge in [-0.25, -0.2) is 4.52 Å². The number of nitrogens with one attached hydrogen (secondary N) is 1. The lowest BCUT2D eigenvalue weighted by atomic mass is 10.2. The first-order valence-corrected chi connectivity index (χ1v) is 5.37. The third kappa shape index (κ3) is 1.23. The Balaban J connectivity index is 2.53. The van der Waals surface area contributed by atoms with Gasteiger partial charge >= 0.3 is 0 Å². The van der Waals surface area contributed by atoms with Gasteiger partial charge in [-0.15, -0.1) is 11.6 Å². The lowest BCUT2D eigenvalue weighted by molar-refractivity contribution is 0.986. The molecule has 3 aromatic rings. The SMILES string of the molecule is O=c1[nH]c2cc(CCl)ccc2n2nccc12. The van der Waals surface area contributed by atoms with Gasteiger partial charge in [-0.3, -0.25) is 4.79 Å². The molecule has 1 N–H and O–H groups in total. The van der Waals surface area contributed by atoms with Gasteiger partial charge in [-0.2, -0.15) is 5.10 Å². The molecule has 0 aliphatic heterocycles. The van der Waals surface area contributed by atoms with E-state index in [1.807, 2.05) is 18.2 Å². The summed E-state index contributed by atoms with van der Waals surface area (Å²) in [7, 11) is 0. The van der Waals surface area contributed by atoms with Gasteiger partial charge in [-0.1, -0.05) is 6.07 Å². The van der Waals surface area contributed by atoms with Crippen molar-refractivity contribution in [1.82, 2.24) is 14.6 Å². The summed E-state index contributed by atoms with van der Waals surface area (Å²) in [6, 6.07) is 7.39. The van der Waals surface area contributed by atoms with E-state index in [2.05, 4.69) is 10.1 Å². The van der Waals surface area contributed by atoms with Crippen LogP contribution in [-0.2, 0) is 5.88 Å². The Morgan fingerprint density at radius 1 is 1.31 bits per heavy atom. The van der Waals surface area contributed by atoms with Crippen LogP contribution in [0.3, 0.4) is 0 Å². The highest BCUT2D eigenvalue weighted by molar-refractivity contribution is 6.17. The standard InChI is InChI=1S/C11H8ClN3O/c12-6-7-1-2-9-8(5-7)14-11(16)10-3-4-13-15(9)10/h1-5H,6H2,(H,14,16). The highest BCUT2D eigenvalue weighted by Crippen LogP contribution is 2.14. The Morgan fingerprint density at radius 2 is 2.19 bits per heavy atom. The number of nitrogens with zero attached hydrogens (tertiary/aromatic N) is 2. The minimum absolute atomic E-state index is 0.142. The molecule has 0 spiro atoms. The van der Waals surface area contributed by atoms with Gasteiger partial charge in [-0.05, 0) is 23.8 Å². The lowest BCUT2D eigenvalue weighted by Crippen LogP contribution is -2.10. The fraction of sp³-hybridized carbons (Fsp3) is 0.0909. The Hall–Kier alpha value is -1.81. The molecule has 0 unspecified atom stereocenters. The fourth-order valence-electron chi connectivity index (χ4n) is 1.80. The Labute approximate surface area is 95.5 Å². The van der Waals surface area contributed by atoms with Gasteiger partial charge in [0.1, 0.15) is 5.52 Å². The summed E-state index contributed by atoms with van der Waals surface area (Å²) in [5.41, 5.74) is 2.99. The number of aromatic nitrogens is 3. The molecule has 0 saturated carbocycles. The number of aromatic amines is 1. The first-order valence-electron chi connectivity index (χ1n) is 4.84. The van der Waals surface area contributed by atoms with Crippen LogP contribution in [0.15, 0.2) is 35.3 Å². The van der Waals surface area contributed by atoms with E-state index < -0.39 is 0 Å². The zero-order valence-electron chi connectivity index (χ0n) is 8.27. The number of halogens is 1. The summed E-state index contributed by atoms with van der Waals surface area (Å²) in [5, 5.41) is 4.13. The molecular formula is C11H8ClN3O. The molecule has 0 aliphatic carbocycles. The summed E-state index contributed by atoms with van der Waals surface area (Å²) in [4.78, 5) is 14.5. The zero-order valence-corrected chi connectivity index (χ0v) is 9.03. The molecule has 5 heteroatoms. The van der Waals surface area contributed by atoms with E-state index in [-0.39, 0.29) is 5.56 Å². The molecule has 0 amide bonds. The molecule has 0 radical (unpaired) electrons. The molecule has 2 aromatic heterocycles. The molecule has 1 aromatic carbocycles. The molecule has 0 aliphatic rings. The zero-order chi connectivity index (χ0) is 11.1.